The number of amides is 2. The number of aromatic nitrogens is 1. The topological polar surface area (TPSA) is 75.4 Å². The van der Waals surface area contributed by atoms with Gasteiger partial charge in [0.15, 0.2) is 5.76 Å². The molecule has 2 amide bonds. The van der Waals surface area contributed by atoms with Crippen molar-refractivity contribution in [2.45, 2.75) is 12.8 Å². The average Bonchev–Trinajstić information content (AvgIpc) is 3.15. The molecule has 1 aliphatic rings. The van der Waals surface area contributed by atoms with Gasteiger partial charge in [-0.15, -0.1) is 0 Å². The molecule has 3 rings (SSSR count). The lowest BCUT2D eigenvalue weighted by molar-refractivity contribution is 0.0669. The third-order valence-electron chi connectivity index (χ3n) is 4.01. The van der Waals surface area contributed by atoms with Crippen molar-refractivity contribution in [1.82, 2.24) is 15.2 Å². The Morgan fingerprint density at radius 2 is 2.26 bits per heavy atom. The molecule has 1 saturated heterocycles. The maximum absolute atomic E-state index is 12.5. The summed E-state index contributed by atoms with van der Waals surface area (Å²) in [5, 5.41) is 2.87. The van der Waals surface area contributed by atoms with Crippen molar-refractivity contribution in [2.75, 3.05) is 19.6 Å². The third kappa shape index (κ3) is 3.77. The summed E-state index contributed by atoms with van der Waals surface area (Å²) in [4.78, 5) is 30.2. The third-order valence-corrected chi connectivity index (χ3v) is 4.01. The second-order valence-corrected chi connectivity index (χ2v) is 5.69. The van der Waals surface area contributed by atoms with Gasteiger partial charge in [0, 0.05) is 32.0 Å². The Kier molecular flexibility index (Phi) is 4.71. The molecule has 3 heterocycles. The first-order valence-electron chi connectivity index (χ1n) is 7.75. The minimum atomic E-state index is -0.217. The lowest BCUT2D eigenvalue weighted by Gasteiger charge is -2.32. The van der Waals surface area contributed by atoms with E-state index in [-0.39, 0.29) is 17.7 Å². The molecule has 2 aromatic heterocycles. The minimum absolute atomic E-state index is 0.000149. The number of hydrogen-bond donors (Lipinski definition) is 1. The average molecular weight is 313 g/mol. The first-order chi connectivity index (χ1) is 11.2. The van der Waals surface area contributed by atoms with Crippen LogP contribution in [0.25, 0.3) is 0 Å². The predicted molar refractivity (Wildman–Crippen MR) is 83.9 cm³/mol. The number of rotatable bonds is 4. The summed E-state index contributed by atoms with van der Waals surface area (Å²) in [5.74, 6) is 0.346. The smallest absolute Gasteiger partial charge is 0.286 e. The van der Waals surface area contributed by atoms with Crippen molar-refractivity contribution < 1.29 is 14.0 Å². The number of likely N-dealkylation sites (tertiary alicyclic amines) is 1. The van der Waals surface area contributed by atoms with E-state index in [1.165, 1.54) is 6.26 Å². The number of piperidine rings is 1. The molecule has 0 radical (unpaired) electrons. The standard InChI is InChI=1S/C17H19N3O3/c21-16(15-6-3-9-23-15)19-10-13-4-2-8-20(12-13)17(22)14-5-1-7-18-11-14/h1,3,5-7,9,11,13H,2,4,8,10,12H2,(H,19,21)/t13-/m0/s1. The van der Waals surface area contributed by atoms with Crippen LogP contribution in [-0.2, 0) is 0 Å². The SMILES string of the molecule is O=C(NC[C@@H]1CCCN(C(=O)c2cccnc2)C1)c1ccco1. The highest BCUT2D eigenvalue weighted by molar-refractivity contribution is 5.94. The van der Waals surface area contributed by atoms with Crippen LogP contribution < -0.4 is 5.32 Å². The first kappa shape index (κ1) is 15.3. The van der Waals surface area contributed by atoms with Gasteiger partial charge in [-0.3, -0.25) is 14.6 Å². The van der Waals surface area contributed by atoms with Crippen LogP contribution >= 0.6 is 0 Å². The number of hydrogen-bond acceptors (Lipinski definition) is 4. The van der Waals surface area contributed by atoms with E-state index in [1.54, 1.807) is 36.7 Å². The highest BCUT2D eigenvalue weighted by atomic mass is 16.3. The fourth-order valence-corrected chi connectivity index (χ4v) is 2.82. The summed E-state index contributed by atoms with van der Waals surface area (Å²) < 4.78 is 5.07. The Labute approximate surface area is 134 Å². The molecule has 6 heteroatoms. The molecule has 23 heavy (non-hydrogen) atoms. The quantitative estimate of drug-likeness (QED) is 0.936. The number of pyridine rings is 1. The molecule has 2 aromatic rings. The molecular weight excluding hydrogens is 294 g/mol. The molecule has 1 aliphatic heterocycles. The summed E-state index contributed by atoms with van der Waals surface area (Å²) in [6.07, 6.45) is 6.65. The maximum Gasteiger partial charge on any atom is 0.286 e. The molecule has 0 aromatic carbocycles. The van der Waals surface area contributed by atoms with E-state index < -0.39 is 0 Å². The van der Waals surface area contributed by atoms with E-state index in [2.05, 4.69) is 10.3 Å². The van der Waals surface area contributed by atoms with Gasteiger partial charge in [0.05, 0.1) is 11.8 Å². The van der Waals surface area contributed by atoms with Crippen LogP contribution in [0.1, 0.15) is 33.8 Å². The molecule has 0 spiro atoms. The van der Waals surface area contributed by atoms with Crippen molar-refractivity contribution in [2.24, 2.45) is 5.92 Å². The largest absolute Gasteiger partial charge is 0.459 e. The van der Waals surface area contributed by atoms with Crippen molar-refractivity contribution in [3.63, 3.8) is 0 Å². The zero-order valence-corrected chi connectivity index (χ0v) is 12.8. The molecule has 0 saturated carbocycles. The Hall–Kier alpha value is -2.63. The van der Waals surface area contributed by atoms with E-state index >= 15 is 0 Å². The Bertz CT molecular complexity index is 655. The highest BCUT2D eigenvalue weighted by Gasteiger charge is 2.25. The van der Waals surface area contributed by atoms with Crippen molar-refractivity contribution in [1.29, 1.82) is 0 Å². The number of nitrogens with zero attached hydrogens (tertiary/aromatic N) is 2. The summed E-state index contributed by atoms with van der Waals surface area (Å²) in [5.41, 5.74) is 0.604. The first-order valence-corrected chi connectivity index (χ1v) is 7.75. The normalized spacial score (nSPS) is 17.7. The monoisotopic (exact) mass is 313 g/mol. The van der Waals surface area contributed by atoms with Gasteiger partial charge < -0.3 is 14.6 Å². The van der Waals surface area contributed by atoms with Gasteiger partial charge in [0.2, 0.25) is 0 Å². The number of carbonyl (C=O) groups excluding carboxylic acids is 2. The lowest BCUT2D eigenvalue weighted by atomic mass is 9.97. The van der Waals surface area contributed by atoms with Gasteiger partial charge in [-0.05, 0) is 43.0 Å². The second kappa shape index (κ2) is 7.09. The summed E-state index contributed by atoms with van der Waals surface area (Å²) in [6, 6.07) is 6.86. The van der Waals surface area contributed by atoms with Crippen molar-refractivity contribution in [3.05, 3.63) is 54.2 Å². The highest BCUT2D eigenvalue weighted by Crippen LogP contribution is 2.18. The van der Waals surface area contributed by atoms with E-state index in [0.717, 1.165) is 19.4 Å². The zero-order chi connectivity index (χ0) is 16.1. The van der Waals surface area contributed by atoms with Crippen LogP contribution in [-0.4, -0.2) is 41.3 Å². The summed E-state index contributed by atoms with van der Waals surface area (Å²) >= 11 is 0. The van der Waals surface area contributed by atoms with Crippen LogP contribution in [0.4, 0.5) is 0 Å². The minimum Gasteiger partial charge on any atom is -0.459 e. The fourth-order valence-electron chi connectivity index (χ4n) is 2.82. The molecule has 1 atom stereocenters. The number of carbonyl (C=O) groups is 2. The van der Waals surface area contributed by atoms with E-state index in [9.17, 15) is 9.59 Å². The van der Waals surface area contributed by atoms with Crippen LogP contribution in [0, 0.1) is 5.92 Å². The van der Waals surface area contributed by atoms with Gasteiger partial charge in [-0.25, -0.2) is 0 Å². The van der Waals surface area contributed by atoms with Crippen molar-refractivity contribution in [3.8, 4) is 0 Å². The van der Waals surface area contributed by atoms with E-state index in [1.807, 2.05) is 4.90 Å². The Morgan fingerprint density at radius 3 is 3.00 bits per heavy atom. The fraction of sp³-hybridized carbons (Fsp3) is 0.353. The van der Waals surface area contributed by atoms with Gasteiger partial charge in [-0.2, -0.15) is 0 Å². The number of furan rings is 1. The van der Waals surface area contributed by atoms with Crippen LogP contribution in [0.5, 0.6) is 0 Å². The van der Waals surface area contributed by atoms with Gasteiger partial charge in [0.1, 0.15) is 0 Å². The van der Waals surface area contributed by atoms with E-state index in [4.69, 9.17) is 4.42 Å². The van der Waals surface area contributed by atoms with Gasteiger partial charge in [0.25, 0.3) is 11.8 Å². The zero-order valence-electron chi connectivity index (χ0n) is 12.8. The van der Waals surface area contributed by atoms with Crippen LogP contribution in [0.3, 0.4) is 0 Å². The molecule has 0 unspecified atom stereocenters. The summed E-state index contributed by atoms with van der Waals surface area (Å²) in [7, 11) is 0. The second-order valence-electron chi connectivity index (χ2n) is 5.69. The predicted octanol–water partition coefficient (Wildman–Crippen LogP) is 1.96. The molecule has 0 bridgehead atoms. The van der Waals surface area contributed by atoms with Crippen molar-refractivity contribution >= 4 is 11.8 Å². The molecule has 120 valence electrons. The molecular formula is C17H19N3O3. The molecule has 1 N–H and O–H groups in total. The lowest BCUT2D eigenvalue weighted by Crippen LogP contribution is -2.43. The molecule has 0 aliphatic carbocycles. The molecule has 1 fully saturated rings. The molecule has 6 nitrogen and oxygen atoms in total. The maximum atomic E-state index is 12.5. The van der Waals surface area contributed by atoms with Crippen LogP contribution in [0.2, 0.25) is 0 Å². The van der Waals surface area contributed by atoms with Gasteiger partial charge in [-0.1, -0.05) is 0 Å². The Balaban J connectivity index is 1.54. The van der Waals surface area contributed by atoms with Gasteiger partial charge >= 0.3 is 0 Å². The van der Waals surface area contributed by atoms with Crippen LogP contribution in [0.15, 0.2) is 47.3 Å². The van der Waals surface area contributed by atoms with E-state index in [0.29, 0.717) is 24.4 Å². The Morgan fingerprint density at radius 1 is 1.35 bits per heavy atom. The number of nitrogens with one attached hydrogen (secondary N) is 1. The summed E-state index contributed by atoms with van der Waals surface area (Å²) in [6.45, 7) is 1.93.